The van der Waals surface area contributed by atoms with Gasteiger partial charge in [-0.1, -0.05) is 77.5 Å². The van der Waals surface area contributed by atoms with Gasteiger partial charge in [-0.25, -0.2) is 16.8 Å². The van der Waals surface area contributed by atoms with Crippen LogP contribution >= 0.6 is 46.3 Å². The Morgan fingerprint density at radius 3 is 2.02 bits per heavy atom. The number of benzene rings is 4. The Balaban J connectivity index is 1.31. The standard InChI is InChI=1S/C35H30Cl2N2O6S4/c1-2-23(19-34-38(30-21-26(36)7-13-32(30)46-34)17-15-24-3-9-28(10-4-24)48(40,41)42)20-35-39(31-22-27(37)8-14-33(31)47-35)18-16-25-5-11-29(12-6-25)49(43,44)45/h3-14,19-22H,2,15-18H2,1H3,(H-,40,41,42,43,44,45)/p-1. The first kappa shape index (κ1) is 35.6. The van der Waals surface area contributed by atoms with E-state index in [1.807, 2.05) is 36.4 Å². The molecule has 0 unspecified atom stereocenters. The molecule has 1 aliphatic rings. The van der Waals surface area contributed by atoms with Crippen molar-refractivity contribution in [1.82, 2.24) is 0 Å². The predicted molar refractivity (Wildman–Crippen MR) is 194 cm³/mol. The molecule has 0 amide bonds. The summed E-state index contributed by atoms with van der Waals surface area (Å²) in [5.74, 6) is 0. The molecule has 0 aliphatic carbocycles. The number of hydrogen-bond donors (Lipinski definition) is 0. The zero-order valence-corrected chi connectivity index (χ0v) is 30.8. The number of aromatic nitrogens is 1. The summed E-state index contributed by atoms with van der Waals surface area (Å²) in [6.45, 7) is 3.30. The smallest absolute Gasteiger partial charge is 0.263 e. The number of aryl methyl sites for hydroxylation is 2. The Morgan fingerprint density at radius 1 is 0.816 bits per heavy atom. The normalized spacial score (nSPS) is 14.6. The number of anilines is 1. The monoisotopic (exact) mass is 771 g/mol. The second-order valence-corrected chi connectivity index (χ2v) is 17.1. The maximum Gasteiger partial charge on any atom is 0.263 e. The molecular weight excluding hydrogens is 744 g/mol. The van der Waals surface area contributed by atoms with Crippen molar-refractivity contribution in [2.45, 2.75) is 47.4 Å². The number of fused-ring (bicyclic) bond motifs is 2. The van der Waals surface area contributed by atoms with Gasteiger partial charge in [-0.05, 0) is 90.2 Å². The molecule has 0 radical (unpaired) electrons. The number of nitrogens with zero attached hydrogens (tertiary/aromatic N) is 2. The lowest BCUT2D eigenvalue weighted by Crippen LogP contribution is -2.36. The number of allylic oxidation sites excluding steroid dienone is 2. The Morgan fingerprint density at radius 2 is 1.41 bits per heavy atom. The Bertz CT molecular complexity index is 2320. The van der Waals surface area contributed by atoms with E-state index < -0.39 is 20.2 Å². The average molecular weight is 773 g/mol. The third-order valence-corrected chi connectivity index (χ3v) is 12.5. The van der Waals surface area contributed by atoms with Crippen LogP contribution in [0.2, 0.25) is 10.0 Å². The van der Waals surface area contributed by atoms with Crippen molar-refractivity contribution in [3.8, 4) is 0 Å². The van der Waals surface area contributed by atoms with Gasteiger partial charge in [0.25, 0.3) is 5.01 Å². The average Bonchev–Trinajstić information content (AvgIpc) is 3.57. The number of hydrogen-bond acceptors (Lipinski definition) is 9. The molecular formula is C35H29Cl2N2O6S4-. The van der Waals surface area contributed by atoms with Gasteiger partial charge in [-0.3, -0.25) is 0 Å². The molecule has 0 atom stereocenters. The molecule has 0 bridgehead atoms. The van der Waals surface area contributed by atoms with Crippen LogP contribution in [-0.4, -0.2) is 32.5 Å². The summed E-state index contributed by atoms with van der Waals surface area (Å²) in [6.07, 6.45) is 6.31. The fourth-order valence-corrected chi connectivity index (χ4v) is 9.08. The molecule has 8 nitrogen and oxygen atoms in total. The van der Waals surface area contributed by atoms with Gasteiger partial charge in [0.15, 0.2) is 6.54 Å². The largest absolute Gasteiger partial charge is 0.744 e. The number of rotatable bonds is 11. The highest BCUT2D eigenvalue weighted by molar-refractivity contribution is 8.03. The van der Waals surface area contributed by atoms with Gasteiger partial charge in [0, 0.05) is 40.0 Å². The summed E-state index contributed by atoms with van der Waals surface area (Å²) < 4.78 is 71.6. The molecule has 0 N–H and O–H groups in total. The Hall–Kier alpha value is -3.20. The zero-order chi connectivity index (χ0) is 34.9. The molecule has 1 aliphatic heterocycles. The summed E-state index contributed by atoms with van der Waals surface area (Å²) >= 11 is 16.1. The van der Waals surface area contributed by atoms with Crippen molar-refractivity contribution in [3.63, 3.8) is 0 Å². The van der Waals surface area contributed by atoms with E-state index in [1.165, 1.54) is 24.3 Å². The van der Waals surface area contributed by atoms with E-state index in [0.717, 1.165) is 54.0 Å². The van der Waals surface area contributed by atoms with Crippen molar-refractivity contribution in [1.29, 1.82) is 0 Å². The van der Waals surface area contributed by atoms with Crippen LogP contribution < -0.4 is 9.47 Å². The van der Waals surface area contributed by atoms with E-state index in [9.17, 15) is 25.9 Å². The molecule has 5 aromatic rings. The molecule has 0 fully saturated rings. The minimum atomic E-state index is -4.52. The third kappa shape index (κ3) is 8.41. The molecule has 14 heteroatoms. The second kappa shape index (κ2) is 14.6. The molecule has 0 saturated heterocycles. The maximum atomic E-state index is 11.4. The van der Waals surface area contributed by atoms with Crippen LogP contribution in [0.25, 0.3) is 16.3 Å². The van der Waals surface area contributed by atoms with Crippen LogP contribution in [0, 0.1) is 0 Å². The lowest BCUT2D eigenvalue weighted by molar-refractivity contribution is -0.668. The predicted octanol–water partition coefficient (Wildman–Crippen LogP) is 8.04. The van der Waals surface area contributed by atoms with Crippen LogP contribution in [0.4, 0.5) is 5.69 Å². The summed E-state index contributed by atoms with van der Waals surface area (Å²) in [7, 11) is -9.03. The lowest BCUT2D eigenvalue weighted by Gasteiger charge is -2.21. The summed E-state index contributed by atoms with van der Waals surface area (Å²) in [5, 5.41) is 3.29. The molecule has 0 saturated carbocycles. The van der Waals surface area contributed by atoms with Crippen molar-refractivity contribution < 1.29 is 30.5 Å². The first-order chi connectivity index (χ1) is 23.3. The van der Waals surface area contributed by atoms with E-state index in [2.05, 4.69) is 28.5 Å². The van der Waals surface area contributed by atoms with Crippen LogP contribution in [0.1, 0.15) is 29.5 Å². The van der Waals surface area contributed by atoms with Crippen LogP contribution in [0.15, 0.2) is 116 Å². The third-order valence-electron chi connectivity index (χ3n) is 8.08. The van der Waals surface area contributed by atoms with E-state index in [1.54, 1.807) is 47.4 Å². The topological polar surface area (TPSA) is 122 Å². The lowest BCUT2D eigenvalue weighted by atomic mass is 10.1. The molecule has 4 aromatic carbocycles. The van der Waals surface area contributed by atoms with Crippen molar-refractivity contribution in [2.75, 3.05) is 11.4 Å². The molecule has 6 rings (SSSR count). The number of halogens is 2. The first-order valence-electron chi connectivity index (χ1n) is 15.2. The SMILES string of the molecule is CCC(=Cc1sc2ccc(Cl)cc2[n+]1CCc1ccc(S(=O)(=O)[O-])cc1)C=C1Sc2ccc(Cl)cc2N1CCc1ccc(S(=O)(=O)[O-])cc1. The van der Waals surface area contributed by atoms with E-state index in [-0.39, 0.29) is 9.79 Å². The Labute approximate surface area is 303 Å². The summed E-state index contributed by atoms with van der Waals surface area (Å²) in [5.41, 5.74) is 4.86. The van der Waals surface area contributed by atoms with Gasteiger partial charge in [0.2, 0.25) is 5.52 Å². The molecule has 2 heterocycles. The zero-order valence-electron chi connectivity index (χ0n) is 26.0. The minimum absolute atomic E-state index is 0.253. The summed E-state index contributed by atoms with van der Waals surface area (Å²) in [4.78, 5) is 2.77. The van der Waals surface area contributed by atoms with Gasteiger partial charge in [0.05, 0.1) is 20.5 Å². The summed E-state index contributed by atoms with van der Waals surface area (Å²) in [6, 6.07) is 23.7. The maximum absolute atomic E-state index is 11.4. The number of thioether (sulfide) groups is 1. The Kier molecular flexibility index (Phi) is 10.6. The highest BCUT2D eigenvalue weighted by Crippen LogP contribution is 2.47. The van der Waals surface area contributed by atoms with Crippen molar-refractivity contribution in [3.05, 3.63) is 128 Å². The van der Waals surface area contributed by atoms with Gasteiger partial charge in [0.1, 0.15) is 24.9 Å². The number of thiazole rings is 1. The van der Waals surface area contributed by atoms with E-state index in [0.29, 0.717) is 36.0 Å². The highest BCUT2D eigenvalue weighted by atomic mass is 35.5. The molecule has 254 valence electrons. The van der Waals surface area contributed by atoms with Crippen LogP contribution in [-0.2, 0) is 39.6 Å². The molecule has 49 heavy (non-hydrogen) atoms. The van der Waals surface area contributed by atoms with Gasteiger partial charge < -0.3 is 14.0 Å². The highest BCUT2D eigenvalue weighted by Gasteiger charge is 2.26. The quantitative estimate of drug-likeness (QED) is 0.0978. The van der Waals surface area contributed by atoms with Crippen LogP contribution in [0.3, 0.4) is 0 Å². The fourth-order valence-electron chi connectivity index (χ4n) is 5.51. The van der Waals surface area contributed by atoms with Crippen molar-refractivity contribution >= 4 is 88.5 Å². The van der Waals surface area contributed by atoms with Crippen molar-refractivity contribution in [2.24, 2.45) is 0 Å². The van der Waals surface area contributed by atoms with Gasteiger partial charge in [-0.15, -0.1) is 0 Å². The van der Waals surface area contributed by atoms with Gasteiger partial charge in [-0.2, -0.15) is 4.57 Å². The van der Waals surface area contributed by atoms with E-state index >= 15 is 0 Å². The van der Waals surface area contributed by atoms with Gasteiger partial charge >= 0.3 is 0 Å². The molecule has 1 aromatic heterocycles. The first-order valence-corrected chi connectivity index (χ1v) is 20.4. The van der Waals surface area contributed by atoms with Crippen LogP contribution in [0.5, 0.6) is 0 Å². The molecule has 0 spiro atoms. The minimum Gasteiger partial charge on any atom is -0.744 e. The second-order valence-electron chi connectivity index (χ2n) is 11.3. The fraction of sp³-hybridized carbons (Fsp3) is 0.171. The van der Waals surface area contributed by atoms with E-state index in [4.69, 9.17) is 23.2 Å².